The molecule has 0 saturated heterocycles. The molecule has 0 bridgehead atoms. The van der Waals surface area contributed by atoms with Crippen molar-refractivity contribution in [3.63, 3.8) is 0 Å². The third kappa shape index (κ3) is 3.65. The molecule has 0 aliphatic rings. The van der Waals surface area contributed by atoms with Gasteiger partial charge in [0, 0.05) is 27.2 Å². The highest BCUT2D eigenvalue weighted by Gasteiger charge is 2.06. The van der Waals surface area contributed by atoms with Crippen molar-refractivity contribution in [3.05, 3.63) is 0 Å². The SMILES string of the molecule is CN(CCN(C)C(N)=O)C(N)=O. The van der Waals surface area contributed by atoms with Gasteiger partial charge in [0.1, 0.15) is 0 Å². The van der Waals surface area contributed by atoms with Gasteiger partial charge in [-0.1, -0.05) is 0 Å². The lowest BCUT2D eigenvalue weighted by Crippen LogP contribution is -2.41. The lowest BCUT2D eigenvalue weighted by atomic mass is 10.5. The molecule has 6 nitrogen and oxygen atoms in total. The second-order valence-corrected chi connectivity index (χ2v) is 2.52. The third-order valence-corrected chi connectivity index (χ3v) is 1.52. The molecule has 0 unspecified atom stereocenters. The van der Waals surface area contributed by atoms with Gasteiger partial charge < -0.3 is 21.3 Å². The van der Waals surface area contributed by atoms with Crippen molar-refractivity contribution >= 4 is 12.1 Å². The average molecular weight is 174 g/mol. The summed E-state index contributed by atoms with van der Waals surface area (Å²) in [6.45, 7) is 0.767. The predicted molar refractivity (Wildman–Crippen MR) is 44.4 cm³/mol. The van der Waals surface area contributed by atoms with Crippen LogP contribution in [0, 0.1) is 0 Å². The van der Waals surface area contributed by atoms with Crippen molar-refractivity contribution in [2.24, 2.45) is 11.5 Å². The van der Waals surface area contributed by atoms with Crippen molar-refractivity contribution in [3.8, 4) is 0 Å². The highest BCUT2D eigenvalue weighted by Crippen LogP contribution is 1.85. The molecule has 0 aromatic heterocycles. The lowest BCUT2D eigenvalue weighted by Gasteiger charge is -2.19. The van der Waals surface area contributed by atoms with Gasteiger partial charge in [-0.3, -0.25) is 0 Å². The molecule has 12 heavy (non-hydrogen) atoms. The van der Waals surface area contributed by atoms with Gasteiger partial charge in [0.05, 0.1) is 0 Å². The second-order valence-electron chi connectivity index (χ2n) is 2.52. The molecule has 6 heteroatoms. The largest absolute Gasteiger partial charge is 0.351 e. The van der Waals surface area contributed by atoms with E-state index in [1.165, 1.54) is 9.80 Å². The summed E-state index contributed by atoms with van der Waals surface area (Å²) in [5.41, 5.74) is 9.90. The van der Waals surface area contributed by atoms with Crippen LogP contribution in [0.5, 0.6) is 0 Å². The van der Waals surface area contributed by atoms with Crippen LogP contribution in [0.25, 0.3) is 0 Å². The first-order chi connectivity index (χ1) is 5.45. The minimum Gasteiger partial charge on any atom is -0.351 e. The molecule has 0 aliphatic heterocycles. The fourth-order valence-corrected chi connectivity index (χ4v) is 0.520. The summed E-state index contributed by atoms with van der Waals surface area (Å²) in [5, 5.41) is 0. The number of nitrogens with zero attached hydrogens (tertiary/aromatic N) is 2. The molecule has 0 atom stereocenters. The molecular weight excluding hydrogens is 160 g/mol. The van der Waals surface area contributed by atoms with Gasteiger partial charge in [-0.25, -0.2) is 9.59 Å². The van der Waals surface area contributed by atoms with Gasteiger partial charge in [-0.05, 0) is 0 Å². The average Bonchev–Trinajstić information content (AvgIpc) is 1.98. The van der Waals surface area contributed by atoms with E-state index in [-0.39, 0.29) is 0 Å². The summed E-state index contributed by atoms with van der Waals surface area (Å²) in [4.78, 5) is 23.6. The Labute approximate surface area is 71.1 Å². The first-order valence-corrected chi connectivity index (χ1v) is 3.46. The summed E-state index contributed by atoms with van der Waals surface area (Å²) in [6, 6.07) is -1.04. The summed E-state index contributed by atoms with van der Waals surface area (Å²) in [7, 11) is 3.11. The van der Waals surface area contributed by atoms with Crippen molar-refractivity contribution in [1.82, 2.24) is 9.80 Å². The Balaban J connectivity index is 3.68. The zero-order chi connectivity index (χ0) is 9.72. The minimum absolute atomic E-state index is 0.384. The number of amides is 4. The molecule has 0 fully saturated rings. The molecule has 70 valence electrons. The quantitative estimate of drug-likeness (QED) is 0.574. The van der Waals surface area contributed by atoms with E-state index in [0.29, 0.717) is 13.1 Å². The summed E-state index contributed by atoms with van der Waals surface area (Å²) >= 11 is 0. The van der Waals surface area contributed by atoms with Crippen LogP contribution in [0.4, 0.5) is 9.59 Å². The Morgan fingerprint density at radius 1 is 1.00 bits per heavy atom. The van der Waals surface area contributed by atoms with Gasteiger partial charge in [0.15, 0.2) is 0 Å². The van der Waals surface area contributed by atoms with Crippen molar-refractivity contribution in [2.75, 3.05) is 27.2 Å². The van der Waals surface area contributed by atoms with Crippen molar-refractivity contribution < 1.29 is 9.59 Å². The number of hydrogen-bond donors (Lipinski definition) is 2. The van der Waals surface area contributed by atoms with E-state index in [2.05, 4.69) is 0 Å². The van der Waals surface area contributed by atoms with Crippen LogP contribution in [-0.4, -0.2) is 49.0 Å². The first-order valence-electron chi connectivity index (χ1n) is 3.46. The normalized spacial score (nSPS) is 9.17. The highest BCUT2D eigenvalue weighted by atomic mass is 16.2. The Morgan fingerprint density at radius 3 is 1.42 bits per heavy atom. The summed E-state index contributed by atoms with van der Waals surface area (Å²) < 4.78 is 0. The van der Waals surface area contributed by atoms with E-state index < -0.39 is 12.1 Å². The van der Waals surface area contributed by atoms with E-state index in [1.807, 2.05) is 0 Å². The molecule has 0 aromatic carbocycles. The fraction of sp³-hybridized carbons (Fsp3) is 0.667. The number of hydrogen-bond acceptors (Lipinski definition) is 2. The van der Waals surface area contributed by atoms with E-state index in [1.54, 1.807) is 14.1 Å². The molecule has 0 aliphatic carbocycles. The van der Waals surface area contributed by atoms with E-state index in [0.717, 1.165) is 0 Å². The third-order valence-electron chi connectivity index (χ3n) is 1.52. The molecule has 0 rings (SSSR count). The summed E-state index contributed by atoms with van der Waals surface area (Å²) in [5.74, 6) is 0. The zero-order valence-electron chi connectivity index (χ0n) is 7.28. The molecule has 0 heterocycles. The molecule has 0 spiro atoms. The fourth-order valence-electron chi connectivity index (χ4n) is 0.520. The maximum Gasteiger partial charge on any atom is 0.314 e. The number of nitrogens with two attached hydrogens (primary N) is 2. The maximum absolute atomic E-state index is 10.5. The minimum atomic E-state index is -0.520. The number of urea groups is 2. The first kappa shape index (κ1) is 10.5. The molecule has 0 radical (unpaired) electrons. The van der Waals surface area contributed by atoms with Gasteiger partial charge in [-0.15, -0.1) is 0 Å². The monoisotopic (exact) mass is 174 g/mol. The van der Waals surface area contributed by atoms with Gasteiger partial charge in [0.2, 0.25) is 0 Å². The van der Waals surface area contributed by atoms with Crippen LogP contribution in [0.15, 0.2) is 0 Å². The number of likely N-dealkylation sites (N-methyl/N-ethyl adjacent to an activating group) is 2. The Bertz CT molecular complexity index is 162. The summed E-state index contributed by atoms with van der Waals surface area (Å²) in [6.07, 6.45) is 0. The molecule has 0 saturated carbocycles. The topological polar surface area (TPSA) is 92.7 Å². The highest BCUT2D eigenvalue weighted by molar-refractivity contribution is 5.72. The Kier molecular flexibility index (Phi) is 3.89. The number of rotatable bonds is 3. The Hall–Kier alpha value is -1.46. The van der Waals surface area contributed by atoms with Gasteiger partial charge >= 0.3 is 12.1 Å². The van der Waals surface area contributed by atoms with Crippen molar-refractivity contribution in [2.45, 2.75) is 0 Å². The molecule has 4 amide bonds. The lowest BCUT2D eigenvalue weighted by molar-refractivity contribution is 0.201. The smallest absolute Gasteiger partial charge is 0.314 e. The molecule has 4 N–H and O–H groups in total. The zero-order valence-corrected chi connectivity index (χ0v) is 7.28. The van der Waals surface area contributed by atoms with Crippen molar-refractivity contribution in [1.29, 1.82) is 0 Å². The van der Waals surface area contributed by atoms with Crippen LogP contribution in [-0.2, 0) is 0 Å². The Morgan fingerprint density at radius 2 is 1.25 bits per heavy atom. The van der Waals surface area contributed by atoms with Gasteiger partial charge in [0.25, 0.3) is 0 Å². The number of primary amides is 2. The standard InChI is InChI=1S/C6H14N4O2/c1-9(5(7)11)3-4-10(2)6(8)12/h3-4H2,1-2H3,(H2,7,11)(H2,8,12). The molecule has 0 aromatic rings. The number of carbonyl (C=O) groups excluding carboxylic acids is 2. The van der Waals surface area contributed by atoms with Crippen LogP contribution >= 0.6 is 0 Å². The van der Waals surface area contributed by atoms with Crippen LogP contribution in [0.2, 0.25) is 0 Å². The van der Waals surface area contributed by atoms with E-state index in [4.69, 9.17) is 11.5 Å². The van der Waals surface area contributed by atoms with Crippen LogP contribution in [0.3, 0.4) is 0 Å². The molecular formula is C6H14N4O2. The van der Waals surface area contributed by atoms with E-state index in [9.17, 15) is 9.59 Å². The van der Waals surface area contributed by atoms with Crippen LogP contribution < -0.4 is 11.5 Å². The van der Waals surface area contributed by atoms with Crippen LogP contribution in [0.1, 0.15) is 0 Å². The second kappa shape index (κ2) is 4.42. The predicted octanol–water partition coefficient (Wildman–Crippen LogP) is -0.993. The number of carbonyl (C=O) groups is 2. The van der Waals surface area contributed by atoms with Gasteiger partial charge in [-0.2, -0.15) is 0 Å². The maximum atomic E-state index is 10.5. The van der Waals surface area contributed by atoms with E-state index >= 15 is 0 Å².